The lowest BCUT2D eigenvalue weighted by Gasteiger charge is -2.07. The van der Waals surface area contributed by atoms with Crippen LogP contribution in [0.3, 0.4) is 0 Å². The second kappa shape index (κ2) is 7.39. The molecular weight excluding hydrogens is 335 g/mol. The van der Waals surface area contributed by atoms with Crippen molar-refractivity contribution in [2.75, 3.05) is 19.5 Å². The fourth-order valence-corrected chi connectivity index (χ4v) is 1.97. The van der Waals surface area contributed by atoms with Crippen LogP contribution < -0.4 is 10.5 Å². The number of methoxy groups -OCH3 is 1. The van der Waals surface area contributed by atoms with Crippen molar-refractivity contribution < 1.29 is 28.4 Å². The number of benzene rings is 2. The molecule has 0 aromatic heterocycles. The van der Waals surface area contributed by atoms with Gasteiger partial charge in [-0.1, -0.05) is 0 Å². The normalized spacial score (nSPS) is 10.2. The van der Waals surface area contributed by atoms with Gasteiger partial charge in [0.2, 0.25) is 0 Å². The maximum atomic E-state index is 13.6. The first-order valence-corrected chi connectivity index (χ1v) is 6.91. The van der Waals surface area contributed by atoms with Gasteiger partial charge in [0, 0.05) is 23.4 Å². The van der Waals surface area contributed by atoms with Crippen LogP contribution in [0.4, 0.5) is 15.8 Å². The number of ketones is 1. The fourth-order valence-electron chi connectivity index (χ4n) is 1.97. The summed E-state index contributed by atoms with van der Waals surface area (Å²) < 4.78 is 23.1. The van der Waals surface area contributed by atoms with Gasteiger partial charge in [0.05, 0.1) is 17.6 Å². The number of nitro benzene ring substituents is 1. The average Bonchev–Trinajstić information content (AvgIpc) is 2.59. The Kier molecular flexibility index (Phi) is 5.28. The van der Waals surface area contributed by atoms with Gasteiger partial charge in [0.1, 0.15) is 0 Å². The summed E-state index contributed by atoms with van der Waals surface area (Å²) in [6, 6.07) is 6.82. The van der Waals surface area contributed by atoms with E-state index >= 15 is 0 Å². The SMILES string of the molecule is COc1ccc(C(=O)COC(=O)c2cc([N+](=O)[O-])ccc2N)cc1F. The number of nitrogens with two attached hydrogens (primary N) is 1. The van der Waals surface area contributed by atoms with Crippen molar-refractivity contribution in [2.24, 2.45) is 0 Å². The van der Waals surface area contributed by atoms with Crippen molar-refractivity contribution in [3.05, 3.63) is 63.5 Å². The predicted molar refractivity (Wildman–Crippen MR) is 85.1 cm³/mol. The molecule has 0 aliphatic heterocycles. The van der Waals surface area contributed by atoms with E-state index in [-0.39, 0.29) is 28.3 Å². The van der Waals surface area contributed by atoms with Gasteiger partial charge < -0.3 is 15.2 Å². The maximum absolute atomic E-state index is 13.6. The van der Waals surface area contributed by atoms with Gasteiger partial charge in [-0.15, -0.1) is 0 Å². The molecule has 0 spiro atoms. The molecule has 0 unspecified atom stereocenters. The minimum absolute atomic E-state index is 0.0156. The molecule has 130 valence electrons. The summed E-state index contributed by atoms with van der Waals surface area (Å²) >= 11 is 0. The molecule has 0 radical (unpaired) electrons. The monoisotopic (exact) mass is 348 g/mol. The quantitative estimate of drug-likeness (QED) is 0.279. The Labute approximate surface area is 141 Å². The Morgan fingerprint density at radius 2 is 1.96 bits per heavy atom. The molecule has 0 saturated carbocycles. The lowest BCUT2D eigenvalue weighted by atomic mass is 10.1. The number of Topliss-reactive ketones (excluding diaryl/α,β-unsaturated/α-hetero) is 1. The highest BCUT2D eigenvalue weighted by atomic mass is 19.1. The lowest BCUT2D eigenvalue weighted by molar-refractivity contribution is -0.384. The van der Waals surface area contributed by atoms with Gasteiger partial charge in [0.25, 0.3) is 5.69 Å². The van der Waals surface area contributed by atoms with Crippen molar-refractivity contribution >= 4 is 23.1 Å². The molecular formula is C16H13FN2O6. The number of anilines is 1. The van der Waals surface area contributed by atoms with Crippen LogP contribution in [0, 0.1) is 15.9 Å². The summed E-state index contributed by atoms with van der Waals surface area (Å²) in [4.78, 5) is 34.0. The minimum atomic E-state index is -0.997. The molecule has 0 heterocycles. The highest BCUT2D eigenvalue weighted by molar-refractivity contribution is 6.01. The average molecular weight is 348 g/mol. The Hall–Kier alpha value is -3.49. The number of nitro groups is 1. The number of carbonyl (C=O) groups is 2. The van der Waals surface area contributed by atoms with Gasteiger partial charge >= 0.3 is 5.97 Å². The number of rotatable bonds is 6. The standard InChI is InChI=1S/C16H13FN2O6/c1-24-15-5-2-9(6-12(15)17)14(20)8-25-16(21)11-7-10(19(22)23)3-4-13(11)18/h2-7H,8,18H2,1H3. The lowest BCUT2D eigenvalue weighted by Crippen LogP contribution is -2.16. The summed E-state index contributed by atoms with van der Waals surface area (Å²) in [5.74, 6) is -2.41. The molecule has 2 rings (SSSR count). The molecule has 0 saturated heterocycles. The highest BCUT2D eigenvalue weighted by Gasteiger charge is 2.18. The topological polar surface area (TPSA) is 122 Å². The first-order chi connectivity index (χ1) is 11.8. The molecule has 0 amide bonds. The van der Waals surface area contributed by atoms with Crippen LogP contribution in [0.1, 0.15) is 20.7 Å². The number of nitrogen functional groups attached to an aromatic ring is 1. The van der Waals surface area contributed by atoms with Gasteiger partial charge in [-0.3, -0.25) is 14.9 Å². The van der Waals surface area contributed by atoms with E-state index in [2.05, 4.69) is 0 Å². The Balaban J connectivity index is 2.09. The molecule has 0 aliphatic rings. The van der Waals surface area contributed by atoms with Crippen molar-refractivity contribution in [2.45, 2.75) is 0 Å². The fraction of sp³-hybridized carbons (Fsp3) is 0.125. The van der Waals surface area contributed by atoms with E-state index in [9.17, 15) is 24.1 Å². The molecule has 0 atom stereocenters. The first kappa shape index (κ1) is 17.9. The zero-order valence-electron chi connectivity index (χ0n) is 13.0. The number of esters is 1. The number of non-ortho nitro benzene ring substituents is 1. The van der Waals surface area contributed by atoms with Crippen LogP contribution in [0.5, 0.6) is 5.75 Å². The van der Waals surface area contributed by atoms with E-state index in [1.807, 2.05) is 0 Å². The molecule has 8 nitrogen and oxygen atoms in total. The van der Waals surface area contributed by atoms with Gasteiger partial charge in [-0.2, -0.15) is 0 Å². The van der Waals surface area contributed by atoms with E-state index in [0.717, 1.165) is 18.2 Å². The van der Waals surface area contributed by atoms with E-state index in [1.54, 1.807) is 0 Å². The van der Waals surface area contributed by atoms with Crippen LogP contribution in [-0.4, -0.2) is 30.4 Å². The van der Waals surface area contributed by atoms with Crippen LogP contribution in [-0.2, 0) is 4.74 Å². The second-order valence-corrected chi connectivity index (χ2v) is 4.88. The largest absolute Gasteiger partial charge is 0.494 e. The number of hydrogen-bond acceptors (Lipinski definition) is 7. The number of ether oxygens (including phenoxy) is 2. The summed E-state index contributed by atoms with van der Waals surface area (Å²) in [6.07, 6.45) is 0. The van der Waals surface area contributed by atoms with E-state index in [0.29, 0.717) is 0 Å². The summed E-state index contributed by atoms with van der Waals surface area (Å²) in [5, 5.41) is 10.7. The van der Waals surface area contributed by atoms with E-state index < -0.39 is 29.1 Å². The van der Waals surface area contributed by atoms with Gasteiger partial charge in [0.15, 0.2) is 24.0 Å². The number of halogens is 1. The van der Waals surface area contributed by atoms with Crippen molar-refractivity contribution in [1.29, 1.82) is 0 Å². The molecule has 2 N–H and O–H groups in total. The number of carbonyl (C=O) groups excluding carboxylic acids is 2. The third kappa shape index (κ3) is 4.08. The molecule has 25 heavy (non-hydrogen) atoms. The van der Waals surface area contributed by atoms with Crippen LogP contribution in [0.2, 0.25) is 0 Å². The molecule has 2 aromatic rings. The van der Waals surface area contributed by atoms with Crippen molar-refractivity contribution in [3.63, 3.8) is 0 Å². The number of nitrogens with zero attached hydrogens (tertiary/aromatic N) is 1. The maximum Gasteiger partial charge on any atom is 0.340 e. The minimum Gasteiger partial charge on any atom is -0.494 e. The third-order valence-corrected chi connectivity index (χ3v) is 3.28. The zero-order valence-corrected chi connectivity index (χ0v) is 13.0. The van der Waals surface area contributed by atoms with Crippen LogP contribution in [0.25, 0.3) is 0 Å². The van der Waals surface area contributed by atoms with E-state index in [1.165, 1.54) is 25.3 Å². The predicted octanol–water partition coefficient (Wildman–Crippen LogP) is 2.36. The molecule has 0 fully saturated rings. The molecule has 0 bridgehead atoms. The Morgan fingerprint density at radius 1 is 1.24 bits per heavy atom. The van der Waals surface area contributed by atoms with E-state index in [4.69, 9.17) is 15.2 Å². The molecule has 9 heteroatoms. The number of hydrogen-bond donors (Lipinski definition) is 1. The Morgan fingerprint density at radius 3 is 2.56 bits per heavy atom. The van der Waals surface area contributed by atoms with Gasteiger partial charge in [-0.25, -0.2) is 9.18 Å². The molecule has 0 aliphatic carbocycles. The van der Waals surface area contributed by atoms with Crippen LogP contribution >= 0.6 is 0 Å². The van der Waals surface area contributed by atoms with Crippen molar-refractivity contribution in [1.82, 2.24) is 0 Å². The Bertz CT molecular complexity index is 853. The van der Waals surface area contributed by atoms with Gasteiger partial charge in [-0.05, 0) is 24.3 Å². The zero-order chi connectivity index (χ0) is 18.6. The first-order valence-electron chi connectivity index (χ1n) is 6.91. The molecule has 2 aromatic carbocycles. The highest BCUT2D eigenvalue weighted by Crippen LogP contribution is 2.21. The summed E-state index contributed by atoms with van der Waals surface area (Å²) in [5.41, 5.74) is 4.97. The van der Waals surface area contributed by atoms with Crippen LogP contribution in [0.15, 0.2) is 36.4 Å². The summed E-state index contributed by atoms with van der Waals surface area (Å²) in [7, 11) is 1.28. The third-order valence-electron chi connectivity index (χ3n) is 3.28. The van der Waals surface area contributed by atoms with Crippen molar-refractivity contribution in [3.8, 4) is 5.75 Å². The smallest absolute Gasteiger partial charge is 0.340 e. The summed E-state index contributed by atoms with van der Waals surface area (Å²) in [6.45, 7) is -0.674. The second-order valence-electron chi connectivity index (χ2n) is 4.88.